The fraction of sp³-hybridized carbons (Fsp3) is 0.0952. The first-order valence-electron chi connectivity index (χ1n) is 7.83. The molecule has 0 aliphatic rings. The molecule has 0 fully saturated rings. The molecule has 0 amide bonds. The average Bonchev–Trinajstić information content (AvgIpc) is 2.61. The van der Waals surface area contributed by atoms with E-state index >= 15 is 0 Å². The molecule has 126 valence electrons. The lowest BCUT2D eigenvalue weighted by Crippen LogP contribution is -2.09. The Balaban J connectivity index is 1.83. The molecule has 0 aromatic heterocycles. The highest BCUT2D eigenvalue weighted by atomic mass is 19.1. The van der Waals surface area contributed by atoms with Crippen LogP contribution < -0.4 is 4.74 Å². The Morgan fingerprint density at radius 1 is 0.920 bits per heavy atom. The minimum Gasteiger partial charge on any atom is -0.507 e. The molecule has 25 heavy (non-hydrogen) atoms. The van der Waals surface area contributed by atoms with Gasteiger partial charge in [0, 0.05) is 0 Å². The van der Waals surface area contributed by atoms with Crippen LogP contribution in [0.5, 0.6) is 11.5 Å². The molecule has 0 atom stereocenters. The molecule has 0 aliphatic heterocycles. The Bertz CT molecular complexity index is 907. The number of phenolic OH excluding ortho intramolecular Hbond substituents is 1. The molecule has 0 saturated carbocycles. The average molecular weight is 336 g/mol. The lowest BCUT2D eigenvalue weighted by molar-refractivity contribution is 0.0728. The number of rotatable bonds is 3. The van der Waals surface area contributed by atoms with E-state index in [9.17, 15) is 14.3 Å². The van der Waals surface area contributed by atoms with Crippen molar-refractivity contribution in [2.24, 2.45) is 0 Å². The zero-order valence-corrected chi connectivity index (χ0v) is 13.9. The number of phenols is 1. The maximum atomic E-state index is 13.6. The van der Waals surface area contributed by atoms with E-state index in [1.54, 1.807) is 30.3 Å². The molecule has 0 unspecified atom stereocenters. The van der Waals surface area contributed by atoms with Crippen molar-refractivity contribution in [1.82, 2.24) is 0 Å². The van der Waals surface area contributed by atoms with Gasteiger partial charge in [-0.1, -0.05) is 24.3 Å². The van der Waals surface area contributed by atoms with E-state index in [4.69, 9.17) is 4.74 Å². The SMILES string of the molecule is Cc1cc(-c2ccc(C(=O)Oc3ccccc3F)cc2)cc(C)c1O. The predicted octanol–water partition coefficient (Wildman–Crippen LogP) is 5.03. The zero-order chi connectivity index (χ0) is 18.0. The molecule has 0 radical (unpaired) electrons. The maximum Gasteiger partial charge on any atom is 0.343 e. The van der Waals surface area contributed by atoms with Gasteiger partial charge in [0.15, 0.2) is 11.6 Å². The summed E-state index contributed by atoms with van der Waals surface area (Å²) in [6, 6.07) is 16.4. The van der Waals surface area contributed by atoms with Crippen molar-refractivity contribution in [2.75, 3.05) is 0 Å². The minimum absolute atomic E-state index is 0.0960. The van der Waals surface area contributed by atoms with Crippen molar-refractivity contribution in [1.29, 1.82) is 0 Å². The van der Waals surface area contributed by atoms with E-state index in [1.807, 2.05) is 26.0 Å². The molecular formula is C21H17FO3. The highest BCUT2D eigenvalue weighted by molar-refractivity contribution is 5.91. The molecule has 0 saturated heterocycles. The fourth-order valence-electron chi connectivity index (χ4n) is 2.61. The Kier molecular flexibility index (Phi) is 4.52. The Morgan fingerprint density at radius 3 is 2.12 bits per heavy atom. The van der Waals surface area contributed by atoms with E-state index in [2.05, 4.69) is 0 Å². The van der Waals surface area contributed by atoms with Crippen molar-refractivity contribution in [3.63, 3.8) is 0 Å². The maximum absolute atomic E-state index is 13.6. The first kappa shape index (κ1) is 16.7. The van der Waals surface area contributed by atoms with Crippen molar-refractivity contribution >= 4 is 5.97 Å². The van der Waals surface area contributed by atoms with Gasteiger partial charge in [0.2, 0.25) is 0 Å². The van der Waals surface area contributed by atoms with Gasteiger partial charge in [-0.2, -0.15) is 0 Å². The van der Waals surface area contributed by atoms with Crippen LogP contribution >= 0.6 is 0 Å². The van der Waals surface area contributed by atoms with Gasteiger partial charge < -0.3 is 9.84 Å². The molecule has 3 nitrogen and oxygen atoms in total. The van der Waals surface area contributed by atoms with Crippen LogP contribution in [0.2, 0.25) is 0 Å². The summed E-state index contributed by atoms with van der Waals surface area (Å²) in [6.07, 6.45) is 0. The number of carbonyl (C=O) groups is 1. The minimum atomic E-state index is -0.616. The van der Waals surface area contributed by atoms with Gasteiger partial charge in [-0.15, -0.1) is 0 Å². The van der Waals surface area contributed by atoms with Crippen molar-refractivity contribution < 1.29 is 19.0 Å². The van der Waals surface area contributed by atoms with Crippen molar-refractivity contribution in [3.05, 3.63) is 83.2 Å². The van der Waals surface area contributed by atoms with Crippen molar-refractivity contribution in [3.8, 4) is 22.6 Å². The van der Waals surface area contributed by atoms with Crippen LogP contribution in [-0.2, 0) is 0 Å². The van der Waals surface area contributed by atoms with E-state index in [-0.39, 0.29) is 11.5 Å². The van der Waals surface area contributed by atoms with E-state index < -0.39 is 11.8 Å². The summed E-state index contributed by atoms with van der Waals surface area (Å²) in [5, 5.41) is 9.87. The Labute approximate surface area is 145 Å². The van der Waals surface area contributed by atoms with E-state index in [0.29, 0.717) is 5.56 Å². The molecule has 4 heteroatoms. The van der Waals surface area contributed by atoms with Crippen molar-refractivity contribution in [2.45, 2.75) is 13.8 Å². The van der Waals surface area contributed by atoms with Gasteiger partial charge in [-0.05, 0) is 72.5 Å². The van der Waals surface area contributed by atoms with Crippen LogP contribution in [0.3, 0.4) is 0 Å². The molecule has 3 rings (SSSR count). The number of ether oxygens (including phenoxy) is 1. The number of benzene rings is 3. The Hall–Kier alpha value is -3.14. The van der Waals surface area contributed by atoms with Crippen LogP contribution in [-0.4, -0.2) is 11.1 Å². The molecule has 0 aliphatic carbocycles. The first-order chi connectivity index (χ1) is 12.0. The summed E-state index contributed by atoms with van der Waals surface area (Å²) >= 11 is 0. The number of halogens is 1. The number of hydrogen-bond acceptors (Lipinski definition) is 3. The number of para-hydroxylation sites is 1. The highest BCUT2D eigenvalue weighted by Crippen LogP contribution is 2.29. The summed E-state index contributed by atoms with van der Waals surface area (Å²) in [5.74, 6) is -1.01. The van der Waals surface area contributed by atoms with Gasteiger partial charge in [0.25, 0.3) is 0 Å². The van der Waals surface area contributed by atoms with Crippen LogP contribution in [0.25, 0.3) is 11.1 Å². The van der Waals surface area contributed by atoms with E-state index in [0.717, 1.165) is 22.3 Å². The third kappa shape index (κ3) is 3.53. The zero-order valence-electron chi connectivity index (χ0n) is 13.9. The monoisotopic (exact) mass is 336 g/mol. The normalized spacial score (nSPS) is 10.5. The van der Waals surface area contributed by atoms with Crippen LogP contribution in [0, 0.1) is 19.7 Å². The topological polar surface area (TPSA) is 46.5 Å². The van der Waals surface area contributed by atoms with E-state index in [1.165, 1.54) is 18.2 Å². The lowest BCUT2D eigenvalue weighted by atomic mass is 9.99. The summed E-state index contributed by atoms with van der Waals surface area (Å²) in [6.45, 7) is 3.68. The highest BCUT2D eigenvalue weighted by Gasteiger charge is 2.12. The summed E-state index contributed by atoms with van der Waals surface area (Å²) in [5.41, 5.74) is 3.77. The largest absolute Gasteiger partial charge is 0.507 e. The molecule has 0 heterocycles. The Morgan fingerprint density at radius 2 is 1.52 bits per heavy atom. The third-order valence-electron chi connectivity index (χ3n) is 3.98. The molecule has 0 spiro atoms. The second kappa shape index (κ2) is 6.77. The van der Waals surface area contributed by atoms with Gasteiger partial charge in [-0.25, -0.2) is 9.18 Å². The number of carbonyl (C=O) groups excluding carboxylic acids is 1. The third-order valence-corrected chi connectivity index (χ3v) is 3.98. The van der Waals surface area contributed by atoms with Gasteiger partial charge >= 0.3 is 5.97 Å². The predicted molar refractivity (Wildman–Crippen MR) is 94.4 cm³/mol. The standard InChI is InChI=1S/C21H17FO3/c1-13-11-17(12-14(2)20(13)23)15-7-9-16(10-8-15)21(24)25-19-6-4-3-5-18(19)22/h3-12,23H,1-2H3. The summed E-state index contributed by atoms with van der Waals surface area (Å²) in [7, 11) is 0. The smallest absolute Gasteiger partial charge is 0.343 e. The number of hydrogen-bond donors (Lipinski definition) is 1. The number of aryl methyl sites for hydroxylation is 2. The molecular weight excluding hydrogens is 319 g/mol. The number of aromatic hydroxyl groups is 1. The summed E-state index contributed by atoms with van der Waals surface area (Å²) in [4.78, 5) is 12.1. The first-order valence-corrected chi connectivity index (χ1v) is 7.83. The van der Waals surface area contributed by atoms with Gasteiger partial charge in [-0.3, -0.25) is 0 Å². The quantitative estimate of drug-likeness (QED) is 0.539. The fourth-order valence-corrected chi connectivity index (χ4v) is 2.61. The van der Waals surface area contributed by atoms with Gasteiger partial charge in [0.05, 0.1) is 5.56 Å². The molecule has 3 aromatic carbocycles. The lowest BCUT2D eigenvalue weighted by Gasteiger charge is -2.09. The molecule has 1 N–H and O–H groups in total. The summed E-state index contributed by atoms with van der Waals surface area (Å²) < 4.78 is 18.6. The second-order valence-corrected chi connectivity index (χ2v) is 5.86. The van der Waals surface area contributed by atoms with Crippen LogP contribution in [0.4, 0.5) is 4.39 Å². The van der Waals surface area contributed by atoms with Crippen LogP contribution in [0.15, 0.2) is 60.7 Å². The van der Waals surface area contributed by atoms with Crippen LogP contribution in [0.1, 0.15) is 21.5 Å². The molecule has 3 aromatic rings. The number of esters is 1. The van der Waals surface area contributed by atoms with Gasteiger partial charge in [0.1, 0.15) is 5.75 Å². The molecule has 0 bridgehead atoms. The second-order valence-electron chi connectivity index (χ2n) is 5.86.